The molecule has 5 atom stereocenters. The Morgan fingerprint density at radius 2 is 1.52 bits per heavy atom. The number of methoxy groups -OCH3 is 1. The molecule has 1 aromatic heterocycles. The lowest BCUT2D eigenvalue weighted by molar-refractivity contribution is -0.132. The van der Waals surface area contributed by atoms with E-state index in [0.717, 1.165) is 22.5 Å². The van der Waals surface area contributed by atoms with Gasteiger partial charge in [0, 0.05) is 31.9 Å². The Balaban J connectivity index is 1.42. The largest absolute Gasteiger partial charge is 0.457 e. The van der Waals surface area contributed by atoms with Gasteiger partial charge in [-0.25, -0.2) is 14.6 Å². The van der Waals surface area contributed by atoms with Gasteiger partial charge in [0.1, 0.15) is 23.6 Å². The third-order valence-corrected chi connectivity index (χ3v) is 10.8. The molecule has 0 spiro atoms. The molecule has 1 saturated heterocycles. The van der Waals surface area contributed by atoms with Crippen LogP contribution < -0.4 is 20.8 Å². The Bertz CT molecular complexity index is 2060. The maximum absolute atomic E-state index is 14.6. The molecule has 4 N–H and O–H groups in total. The molecule has 0 bridgehead atoms. The number of hydrogen-bond donors (Lipinski definition) is 4. The molecule has 5 amide bonds. The minimum absolute atomic E-state index is 0.124. The standard InChI is InChI=1S/C47H61N7O7/c1-8-32(2)41(54-26-25-52(46(54)59)30-36-21-15-17-33(3)48-36)43(56)49-39(28-34-18-11-9-12-19-34)40(55)31-53(51-44(57)42(47(4,5)6)50-45(58)60-7)29-35-20-16-24-38(27-35)61-37-22-13-10-14-23-37/h9-24,27,32,39-42,55H,8,25-26,28-31H2,1-7H3,(H,49,56)(H,50,58)(H,51,57)/t32-,39-,40-,41-,42+/m0/s1. The molecule has 14 nitrogen and oxygen atoms in total. The number of benzene rings is 3. The lowest BCUT2D eigenvalue weighted by atomic mass is 9.86. The van der Waals surface area contributed by atoms with Gasteiger partial charge in [0.2, 0.25) is 5.91 Å². The number of amides is 5. The molecule has 0 aliphatic carbocycles. The van der Waals surface area contributed by atoms with E-state index in [-0.39, 0.29) is 37.4 Å². The van der Waals surface area contributed by atoms with Crippen molar-refractivity contribution < 1.29 is 33.8 Å². The van der Waals surface area contributed by atoms with Crippen molar-refractivity contribution in [1.82, 2.24) is 35.9 Å². The van der Waals surface area contributed by atoms with E-state index in [1.165, 1.54) is 7.11 Å². The third-order valence-electron chi connectivity index (χ3n) is 10.8. The first-order valence-corrected chi connectivity index (χ1v) is 20.9. The van der Waals surface area contributed by atoms with Crippen LogP contribution in [0.5, 0.6) is 11.5 Å². The van der Waals surface area contributed by atoms with Crippen molar-refractivity contribution in [1.29, 1.82) is 0 Å². The number of hydrogen-bond acceptors (Lipinski definition) is 9. The second-order valence-corrected chi connectivity index (χ2v) is 16.7. The van der Waals surface area contributed by atoms with Crippen LogP contribution in [-0.2, 0) is 33.8 Å². The lowest BCUT2D eigenvalue weighted by Gasteiger charge is -2.36. The summed E-state index contributed by atoms with van der Waals surface area (Å²) in [5.74, 6) is 0.123. The molecule has 1 aliphatic rings. The zero-order chi connectivity index (χ0) is 44.1. The molecule has 0 unspecified atom stereocenters. The maximum atomic E-state index is 14.6. The van der Waals surface area contributed by atoms with Crippen molar-refractivity contribution in [3.05, 3.63) is 126 Å². The molecule has 4 aromatic rings. The van der Waals surface area contributed by atoms with E-state index in [1.54, 1.807) is 14.8 Å². The highest BCUT2D eigenvalue weighted by atomic mass is 16.5. The SMILES string of the molecule is CC[C@H](C)[C@@H](C(=O)N[C@@H](Cc1ccccc1)[C@@H](O)CN(Cc1cccc(Oc2ccccc2)c1)NC(=O)[C@@H](NC(=O)OC)C(C)(C)C)N1CCN(Cc2cccc(C)n2)C1=O. The molecule has 3 aromatic carbocycles. The van der Waals surface area contributed by atoms with Crippen LogP contribution in [-0.4, -0.2) is 99.8 Å². The quantitative estimate of drug-likeness (QED) is 0.0802. The van der Waals surface area contributed by atoms with E-state index in [2.05, 4.69) is 21.0 Å². The van der Waals surface area contributed by atoms with E-state index < -0.39 is 41.6 Å². The molecule has 5 rings (SSSR count). The first-order valence-electron chi connectivity index (χ1n) is 20.9. The number of pyridine rings is 1. The van der Waals surface area contributed by atoms with Crippen molar-refractivity contribution in [3.8, 4) is 11.5 Å². The van der Waals surface area contributed by atoms with Crippen molar-refractivity contribution in [3.63, 3.8) is 0 Å². The summed E-state index contributed by atoms with van der Waals surface area (Å²) in [6.07, 6.45) is -1.10. The van der Waals surface area contributed by atoms with Crippen molar-refractivity contribution >= 4 is 23.9 Å². The fourth-order valence-corrected chi connectivity index (χ4v) is 7.37. The number of carbonyl (C=O) groups is 4. The fourth-order valence-electron chi connectivity index (χ4n) is 7.37. The number of aliphatic hydroxyl groups is 1. The molecular formula is C47H61N7O7. The smallest absolute Gasteiger partial charge is 0.407 e. The average molecular weight is 836 g/mol. The van der Waals surface area contributed by atoms with Gasteiger partial charge in [-0.15, -0.1) is 0 Å². The number of aromatic nitrogens is 1. The normalized spacial score (nSPS) is 15.4. The van der Waals surface area contributed by atoms with E-state index in [9.17, 15) is 24.3 Å². The number of nitrogens with zero attached hydrogens (tertiary/aromatic N) is 4. The number of alkyl carbamates (subject to hydrolysis) is 1. The molecule has 326 valence electrons. The van der Waals surface area contributed by atoms with Crippen LogP contribution in [0.4, 0.5) is 9.59 Å². The Morgan fingerprint density at radius 1 is 0.869 bits per heavy atom. The van der Waals surface area contributed by atoms with Gasteiger partial charge in [-0.05, 0) is 72.2 Å². The highest BCUT2D eigenvalue weighted by Crippen LogP contribution is 2.25. The van der Waals surface area contributed by atoms with Crippen LogP contribution in [0, 0.1) is 18.3 Å². The maximum Gasteiger partial charge on any atom is 0.407 e. The predicted molar refractivity (Wildman–Crippen MR) is 233 cm³/mol. The second kappa shape index (κ2) is 21.5. The molecule has 14 heteroatoms. The predicted octanol–water partition coefficient (Wildman–Crippen LogP) is 6.23. The summed E-state index contributed by atoms with van der Waals surface area (Å²) < 4.78 is 10.9. The Hall–Kier alpha value is -5.99. The zero-order valence-electron chi connectivity index (χ0n) is 36.3. The van der Waals surface area contributed by atoms with Crippen LogP contribution in [0.3, 0.4) is 0 Å². The van der Waals surface area contributed by atoms with Crippen molar-refractivity contribution in [2.75, 3.05) is 26.7 Å². The summed E-state index contributed by atoms with van der Waals surface area (Å²) in [6.45, 7) is 12.4. The topological polar surface area (TPSA) is 166 Å². The van der Waals surface area contributed by atoms with E-state index >= 15 is 0 Å². The van der Waals surface area contributed by atoms with Gasteiger partial charge < -0.3 is 35.0 Å². The number of aliphatic hydroxyl groups excluding tert-OH is 1. The van der Waals surface area contributed by atoms with Crippen LogP contribution >= 0.6 is 0 Å². The van der Waals surface area contributed by atoms with Gasteiger partial charge >= 0.3 is 12.1 Å². The zero-order valence-corrected chi connectivity index (χ0v) is 36.3. The Morgan fingerprint density at radius 3 is 2.18 bits per heavy atom. The van der Waals surface area contributed by atoms with Gasteiger partial charge in [-0.3, -0.25) is 20.0 Å². The second-order valence-electron chi connectivity index (χ2n) is 16.7. The first kappa shape index (κ1) is 46.1. The van der Waals surface area contributed by atoms with Gasteiger partial charge in [0.05, 0.1) is 31.5 Å². The average Bonchev–Trinajstić information content (AvgIpc) is 3.57. The van der Waals surface area contributed by atoms with Crippen LogP contribution in [0.1, 0.15) is 63.6 Å². The summed E-state index contributed by atoms with van der Waals surface area (Å²) in [4.78, 5) is 62.9. The first-order chi connectivity index (χ1) is 29.1. The molecular weight excluding hydrogens is 775 g/mol. The minimum atomic E-state index is -1.23. The van der Waals surface area contributed by atoms with E-state index in [1.807, 2.05) is 145 Å². The number of ether oxygens (including phenoxy) is 2. The van der Waals surface area contributed by atoms with Gasteiger partial charge in [0.15, 0.2) is 0 Å². The van der Waals surface area contributed by atoms with Crippen molar-refractivity contribution in [2.24, 2.45) is 11.3 Å². The fraction of sp³-hybridized carbons (Fsp3) is 0.426. The lowest BCUT2D eigenvalue weighted by Crippen LogP contribution is -2.60. The molecule has 0 saturated carbocycles. The molecule has 1 fully saturated rings. The number of para-hydroxylation sites is 1. The van der Waals surface area contributed by atoms with Gasteiger partial charge in [0.25, 0.3) is 5.91 Å². The van der Waals surface area contributed by atoms with E-state index in [0.29, 0.717) is 37.6 Å². The molecule has 0 radical (unpaired) electrons. The van der Waals surface area contributed by atoms with Crippen LogP contribution in [0.15, 0.2) is 103 Å². The third kappa shape index (κ3) is 13.2. The highest BCUT2D eigenvalue weighted by Gasteiger charge is 2.41. The van der Waals surface area contributed by atoms with Crippen LogP contribution in [0.2, 0.25) is 0 Å². The molecule has 1 aliphatic heterocycles. The number of nitrogens with one attached hydrogen (secondary N) is 3. The van der Waals surface area contributed by atoms with Crippen molar-refractivity contribution in [2.45, 2.75) is 91.7 Å². The summed E-state index contributed by atoms with van der Waals surface area (Å²) in [5, 5.41) is 19.6. The molecule has 2 heterocycles. The van der Waals surface area contributed by atoms with Crippen LogP contribution in [0.25, 0.3) is 0 Å². The number of aryl methyl sites for hydroxylation is 1. The Kier molecular flexibility index (Phi) is 16.2. The summed E-state index contributed by atoms with van der Waals surface area (Å²) in [5.41, 5.74) is 5.49. The summed E-state index contributed by atoms with van der Waals surface area (Å²) >= 11 is 0. The minimum Gasteiger partial charge on any atom is -0.457 e. The number of hydrazine groups is 1. The monoisotopic (exact) mass is 835 g/mol. The summed E-state index contributed by atoms with van der Waals surface area (Å²) in [7, 11) is 1.23. The van der Waals surface area contributed by atoms with E-state index in [4.69, 9.17) is 9.47 Å². The van der Waals surface area contributed by atoms with Gasteiger partial charge in [-0.1, -0.05) is 108 Å². The highest BCUT2D eigenvalue weighted by molar-refractivity contribution is 5.88. The number of urea groups is 1. The Labute approximate surface area is 359 Å². The summed E-state index contributed by atoms with van der Waals surface area (Å²) in [6, 6.07) is 29.1. The number of carbonyl (C=O) groups excluding carboxylic acids is 4. The number of rotatable bonds is 19. The molecule has 61 heavy (non-hydrogen) atoms. The van der Waals surface area contributed by atoms with Gasteiger partial charge in [-0.2, -0.15) is 0 Å².